The van der Waals surface area contributed by atoms with E-state index >= 15 is 0 Å². The second-order valence-corrected chi connectivity index (χ2v) is 6.01. The van der Waals surface area contributed by atoms with E-state index in [4.69, 9.17) is 0 Å². The molecule has 2 aromatic heterocycles. The Hall–Kier alpha value is -1.62. The molecule has 0 fully saturated rings. The van der Waals surface area contributed by atoms with Crippen LogP contribution >= 0.6 is 11.3 Å². The van der Waals surface area contributed by atoms with E-state index in [0.29, 0.717) is 12.0 Å². The molecule has 0 bridgehead atoms. The molecule has 0 aliphatic carbocycles. The molecule has 0 spiro atoms. The maximum Gasteiger partial charge on any atom is 0.224 e. The van der Waals surface area contributed by atoms with Gasteiger partial charge in [0.05, 0.1) is 0 Å². The summed E-state index contributed by atoms with van der Waals surface area (Å²) in [5.74, 6) is 1.62. The van der Waals surface area contributed by atoms with E-state index in [9.17, 15) is 0 Å². The molecule has 2 heterocycles. The van der Waals surface area contributed by atoms with Gasteiger partial charge in [-0.1, -0.05) is 13.0 Å². The number of rotatable bonds is 7. The van der Waals surface area contributed by atoms with Crippen molar-refractivity contribution in [2.75, 3.05) is 17.2 Å². The summed E-state index contributed by atoms with van der Waals surface area (Å²) in [6.07, 6.45) is 3.94. The normalized spacial score (nSPS) is 12.2. The van der Waals surface area contributed by atoms with Crippen LogP contribution in [0.1, 0.15) is 30.7 Å². The Bertz CT molecular complexity index is 525. The van der Waals surface area contributed by atoms with Crippen LogP contribution in [0, 0.1) is 6.92 Å². The Morgan fingerprint density at radius 1 is 1.40 bits per heavy atom. The van der Waals surface area contributed by atoms with Gasteiger partial charge in [0.25, 0.3) is 0 Å². The number of aryl methyl sites for hydroxylation is 1. The van der Waals surface area contributed by atoms with E-state index < -0.39 is 0 Å². The highest BCUT2D eigenvalue weighted by Crippen LogP contribution is 2.17. The maximum absolute atomic E-state index is 4.55. The Labute approximate surface area is 124 Å². The van der Waals surface area contributed by atoms with Crippen LogP contribution in [0.5, 0.6) is 0 Å². The van der Waals surface area contributed by atoms with Crippen molar-refractivity contribution in [2.24, 2.45) is 0 Å². The third-order valence-electron chi connectivity index (χ3n) is 2.98. The summed E-state index contributed by atoms with van der Waals surface area (Å²) in [6, 6.07) is 4.61. The minimum absolute atomic E-state index is 0.348. The zero-order valence-corrected chi connectivity index (χ0v) is 13.1. The number of thiophene rings is 1. The quantitative estimate of drug-likeness (QED) is 0.816. The van der Waals surface area contributed by atoms with Gasteiger partial charge in [0.1, 0.15) is 5.82 Å². The average Bonchev–Trinajstić information content (AvgIpc) is 2.92. The van der Waals surface area contributed by atoms with Crippen LogP contribution in [0.3, 0.4) is 0 Å². The van der Waals surface area contributed by atoms with Crippen molar-refractivity contribution in [1.82, 2.24) is 9.97 Å². The molecule has 5 heteroatoms. The first-order valence-corrected chi connectivity index (χ1v) is 7.93. The van der Waals surface area contributed by atoms with Crippen LogP contribution in [0.2, 0.25) is 0 Å². The fraction of sp³-hybridized carbons (Fsp3) is 0.467. The molecule has 4 nitrogen and oxygen atoms in total. The largest absolute Gasteiger partial charge is 0.367 e. The molecule has 1 atom stereocenters. The molecular weight excluding hydrogens is 268 g/mol. The second-order valence-electron chi connectivity index (χ2n) is 4.98. The van der Waals surface area contributed by atoms with Gasteiger partial charge in [-0.15, -0.1) is 11.3 Å². The van der Waals surface area contributed by atoms with Gasteiger partial charge in [-0.25, -0.2) is 4.98 Å². The molecule has 2 aromatic rings. The minimum Gasteiger partial charge on any atom is -0.367 e. The van der Waals surface area contributed by atoms with Crippen LogP contribution in [-0.2, 0) is 6.42 Å². The molecule has 0 radical (unpaired) electrons. The van der Waals surface area contributed by atoms with Gasteiger partial charge in [0, 0.05) is 35.6 Å². The summed E-state index contributed by atoms with van der Waals surface area (Å²) in [5, 5.41) is 8.82. The van der Waals surface area contributed by atoms with E-state index in [2.05, 4.69) is 52.0 Å². The molecule has 20 heavy (non-hydrogen) atoms. The summed E-state index contributed by atoms with van der Waals surface area (Å²) in [5.41, 5.74) is 1.07. The Balaban J connectivity index is 2.00. The highest BCUT2D eigenvalue weighted by Gasteiger charge is 2.08. The lowest BCUT2D eigenvalue weighted by molar-refractivity contribution is 0.791. The zero-order valence-electron chi connectivity index (χ0n) is 12.3. The van der Waals surface area contributed by atoms with Crippen molar-refractivity contribution in [3.63, 3.8) is 0 Å². The van der Waals surface area contributed by atoms with Gasteiger partial charge >= 0.3 is 0 Å². The van der Waals surface area contributed by atoms with E-state index in [1.807, 2.05) is 13.1 Å². The second kappa shape index (κ2) is 7.24. The molecule has 108 valence electrons. The minimum atomic E-state index is 0.348. The van der Waals surface area contributed by atoms with E-state index in [-0.39, 0.29) is 0 Å². The number of nitrogens with zero attached hydrogens (tertiary/aromatic N) is 2. The SMILES string of the molecule is CCCNc1ncc(C)c(NC(C)Cc2cccs2)n1. The van der Waals surface area contributed by atoms with Crippen LogP contribution in [0.4, 0.5) is 11.8 Å². The van der Waals surface area contributed by atoms with Gasteiger partial charge in [-0.3, -0.25) is 0 Å². The third kappa shape index (κ3) is 4.20. The number of hydrogen-bond acceptors (Lipinski definition) is 5. The number of nitrogens with one attached hydrogen (secondary N) is 2. The lowest BCUT2D eigenvalue weighted by atomic mass is 10.2. The fourth-order valence-electron chi connectivity index (χ4n) is 1.93. The summed E-state index contributed by atoms with van der Waals surface area (Å²) in [7, 11) is 0. The molecule has 2 rings (SSSR count). The number of aromatic nitrogens is 2. The summed E-state index contributed by atoms with van der Waals surface area (Å²) in [4.78, 5) is 10.2. The van der Waals surface area contributed by atoms with E-state index in [0.717, 1.165) is 30.8 Å². The van der Waals surface area contributed by atoms with Gasteiger partial charge in [0.2, 0.25) is 5.95 Å². The van der Waals surface area contributed by atoms with Crippen LogP contribution in [0.15, 0.2) is 23.7 Å². The van der Waals surface area contributed by atoms with Crippen LogP contribution in [-0.4, -0.2) is 22.6 Å². The summed E-state index contributed by atoms with van der Waals surface area (Å²) < 4.78 is 0. The van der Waals surface area contributed by atoms with Gasteiger partial charge < -0.3 is 10.6 Å². The topological polar surface area (TPSA) is 49.8 Å². The predicted octanol–water partition coefficient (Wildman–Crippen LogP) is 3.71. The number of anilines is 2. The maximum atomic E-state index is 4.55. The molecule has 2 N–H and O–H groups in total. The fourth-order valence-corrected chi connectivity index (χ4v) is 2.76. The van der Waals surface area contributed by atoms with E-state index in [1.165, 1.54) is 4.88 Å². The lowest BCUT2D eigenvalue weighted by Gasteiger charge is -2.16. The Morgan fingerprint density at radius 3 is 2.95 bits per heavy atom. The van der Waals surface area contributed by atoms with Crippen molar-refractivity contribution in [1.29, 1.82) is 0 Å². The Kier molecular flexibility index (Phi) is 5.35. The first-order valence-electron chi connectivity index (χ1n) is 7.05. The van der Waals surface area contributed by atoms with Gasteiger partial charge in [0.15, 0.2) is 0 Å². The van der Waals surface area contributed by atoms with Crippen LogP contribution < -0.4 is 10.6 Å². The first-order chi connectivity index (χ1) is 9.69. The molecule has 1 unspecified atom stereocenters. The molecule has 0 saturated carbocycles. The molecule has 0 aliphatic heterocycles. The molecule has 0 aliphatic rings. The molecule has 0 saturated heterocycles. The molecule has 0 amide bonds. The summed E-state index contributed by atoms with van der Waals surface area (Å²) in [6.45, 7) is 7.24. The van der Waals surface area contributed by atoms with Crippen molar-refractivity contribution in [3.8, 4) is 0 Å². The number of hydrogen-bond donors (Lipinski definition) is 2. The van der Waals surface area contributed by atoms with Crippen molar-refractivity contribution < 1.29 is 0 Å². The van der Waals surface area contributed by atoms with Gasteiger partial charge in [-0.05, 0) is 31.7 Å². The molecular formula is C15H22N4S. The average molecular weight is 290 g/mol. The van der Waals surface area contributed by atoms with Gasteiger partial charge in [-0.2, -0.15) is 4.98 Å². The van der Waals surface area contributed by atoms with E-state index in [1.54, 1.807) is 11.3 Å². The monoisotopic (exact) mass is 290 g/mol. The van der Waals surface area contributed by atoms with Crippen molar-refractivity contribution >= 4 is 23.1 Å². The van der Waals surface area contributed by atoms with Crippen molar-refractivity contribution in [3.05, 3.63) is 34.2 Å². The lowest BCUT2D eigenvalue weighted by Crippen LogP contribution is -2.20. The molecule has 0 aromatic carbocycles. The third-order valence-corrected chi connectivity index (χ3v) is 3.87. The first kappa shape index (κ1) is 14.8. The smallest absolute Gasteiger partial charge is 0.224 e. The summed E-state index contributed by atoms with van der Waals surface area (Å²) >= 11 is 1.80. The zero-order chi connectivity index (χ0) is 14.4. The van der Waals surface area contributed by atoms with Crippen molar-refractivity contribution in [2.45, 2.75) is 39.7 Å². The highest BCUT2D eigenvalue weighted by molar-refractivity contribution is 7.09. The predicted molar refractivity (Wildman–Crippen MR) is 86.7 cm³/mol. The van der Waals surface area contributed by atoms with Crippen LogP contribution in [0.25, 0.3) is 0 Å². The Morgan fingerprint density at radius 2 is 2.25 bits per heavy atom. The highest BCUT2D eigenvalue weighted by atomic mass is 32.1. The standard InChI is InChI=1S/C15H22N4S/c1-4-7-16-15-17-10-11(2)14(19-15)18-12(3)9-13-6-5-8-20-13/h5-6,8,10,12H,4,7,9H2,1-3H3,(H2,16,17,18,19).